The van der Waals surface area contributed by atoms with E-state index in [1.807, 2.05) is 24.5 Å². The Kier molecular flexibility index (Phi) is 5.47. The van der Waals surface area contributed by atoms with Gasteiger partial charge in [-0.25, -0.2) is 0 Å². The van der Waals surface area contributed by atoms with Crippen molar-refractivity contribution in [3.63, 3.8) is 0 Å². The van der Waals surface area contributed by atoms with E-state index in [1.165, 1.54) is 12.0 Å². The molecule has 4 heteroatoms. The van der Waals surface area contributed by atoms with Crippen molar-refractivity contribution in [2.45, 2.75) is 38.3 Å². The first-order valence-electron chi connectivity index (χ1n) is 8.60. The second kappa shape index (κ2) is 7.75. The predicted octanol–water partition coefficient (Wildman–Crippen LogP) is 3.28. The van der Waals surface area contributed by atoms with Crippen LogP contribution in [-0.2, 0) is 6.42 Å². The van der Waals surface area contributed by atoms with Gasteiger partial charge in [-0.05, 0) is 63.0 Å². The van der Waals surface area contributed by atoms with E-state index in [0.29, 0.717) is 18.0 Å². The molecule has 1 aliphatic heterocycles. The summed E-state index contributed by atoms with van der Waals surface area (Å²) in [5, 5.41) is 3.72. The second-order valence-corrected chi connectivity index (χ2v) is 6.69. The lowest BCUT2D eigenvalue weighted by atomic mass is 9.94. The number of nitrogens with one attached hydrogen (secondary N) is 1. The number of hydrogen-bond acceptors (Lipinski definition) is 4. The van der Waals surface area contributed by atoms with Crippen molar-refractivity contribution in [1.29, 1.82) is 0 Å². The molecular formula is C19H27N3O. The minimum Gasteiger partial charge on any atom is -0.469 e. The summed E-state index contributed by atoms with van der Waals surface area (Å²) in [7, 11) is 2.22. The third-order valence-electron chi connectivity index (χ3n) is 4.93. The zero-order valence-corrected chi connectivity index (χ0v) is 14.1. The van der Waals surface area contributed by atoms with Crippen LogP contribution >= 0.6 is 0 Å². The van der Waals surface area contributed by atoms with Gasteiger partial charge in [-0.15, -0.1) is 0 Å². The van der Waals surface area contributed by atoms with Crippen molar-refractivity contribution in [2.24, 2.45) is 5.92 Å². The lowest BCUT2D eigenvalue weighted by Crippen LogP contribution is -2.34. The molecular weight excluding hydrogens is 286 g/mol. The number of rotatable bonds is 7. The summed E-state index contributed by atoms with van der Waals surface area (Å²) in [5.41, 5.74) is 1.34. The van der Waals surface area contributed by atoms with Gasteiger partial charge in [0.2, 0.25) is 0 Å². The normalized spacial score (nSPS) is 23.2. The molecule has 0 spiro atoms. The molecule has 1 aliphatic rings. The molecule has 0 radical (unpaired) electrons. The largest absolute Gasteiger partial charge is 0.469 e. The Morgan fingerprint density at radius 2 is 2.30 bits per heavy atom. The highest BCUT2D eigenvalue weighted by molar-refractivity contribution is 5.17. The van der Waals surface area contributed by atoms with Gasteiger partial charge >= 0.3 is 0 Å². The van der Waals surface area contributed by atoms with Gasteiger partial charge in [-0.3, -0.25) is 9.88 Å². The van der Waals surface area contributed by atoms with Crippen molar-refractivity contribution < 1.29 is 4.42 Å². The van der Waals surface area contributed by atoms with Crippen molar-refractivity contribution in [2.75, 3.05) is 20.1 Å². The van der Waals surface area contributed by atoms with Crippen LogP contribution in [0.15, 0.2) is 47.3 Å². The van der Waals surface area contributed by atoms with Gasteiger partial charge in [0.1, 0.15) is 5.76 Å². The summed E-state index contributed by atoms with van der Waals surface area (Å²) >= 11 is 0. The molecule has 3 heterocycles. The Morgan fingerprint density at radius 3 is 3.04 bits per heavy atom. The zero-order valence-electron chi connectivity index (χ0n) is 14.1. The zero-order chi connectivity index (χ0) is 16.1. The van der Waals surface area contributed by atoms with Crippen molar-refractivity contribution >= 4 is 0 Å². The fourth-order valence-electron chi connectivity index (χ4n) is 3.59. The van der Waals surface area contributed by atoms with E-state index in [1.54, 1.807) is 6.26 Å². The fourth-order valence-corrected chi connectivity index (χ4v) is 3.59. The van der Waals surface area contributed by atoms with E-state index in [-0.39, 0.29) is 0 Å². The second-order valence-electron chi connectivity index (χ2n) is 6.69. The van der Waals surface area contributed by atoms with Crippen LogP contribution < -0.4 is 5.32 Å². The first kappa shape index (κ1) is 16.2. The van der Waals surface area contributed by atoms with E-state index in [0.717, 1.165) is 31.7 Å². The number of hydrogen-bond donors (Lipinski definition) is 1. The topological polar surface area (TPSA) is 41.3 Å². The van der Waals surface area contributed by atoms with Gasteiger partial charge in [0.25, 0.3) is 0 Å². The Balaban J connectivity index is 1.50. The van der Waals surface area contributed by atoms with E-state index in [4.69, 9.17) is 4.42 Å². The highest BCUT2D eigenvalue weighted by Crippen LogP contribution is 2.35. The van der Waals surface area contributed by atoms with E-state index in [2.05, 4.69) is 41.3 Å². The van der Waals surface area contributed by atoms with Gasteiger partial charge in [-0.1, -0.05) is 6.07 Å². The van der Waals surface area contributed by atoms with Gasteiger partial charge in [0.15, 0.2) is 0 Å². The smallest absolute Gasteiger partial charge is 0.103 e. The van der Waals surface area contributed by atoms with Gasteiger partial charge in [0.05, 0.1) is 6.26 Å². The third-order valence-corrected chi connectivity index (χ3v) is 4.93. The molecule has 3 rings (SSSR count). The highest BCUT2D eigenvalue weighted by atomic mass is 16.3. The number of pyridine rings is 1. The number of aromatic nitrogens is 1. The van der Waals surface area contributed by atoms with Crippen LogP contribution in [0.2, 0.25) is 0 Å². The number of likely N-dealkylation sites (tertiary alicyclic amines) is 1. The van der Waals surface area contributed by atoms with Crippen LogP contribution in [-0.4, -0.2) is 36.1 Å². The molecule has 0 saturated carbocycles. The van der Waals surface area contributed by atoms with E-state index >= 15 is 0 Å². The third kappa shape index (κ3) is 4.21. The summed E-state index contributed by atoms with van der Waals surface area (Å²) in [5.74, 6) is 1.72. The van der Waals surface area contributed by atoms with Gasteiger partial charge in [-0.2, -0.15) is 0 Å². The molecule has 0 bridgehead atoms. The quantitative estimate of drug-likeness (QED) is 0.852. The van der Waals surface area contributed by atoms with Gasteiger partial charge < -0.3 is 9.73 Å². The monoisotopic (exact) mass is 313 g/mol. The Labute approximate surface area is 138 Å². The van der Waals surface area contributed by atoms with Crippen LogP contribution in [0.4, 0.5) is 0 Å². The molecule has 0 amide bonds. The van der Waals surface area contributed by atoms with E-state index < -0.39 is 0 Å². The predicted molar refractivity (Wildman–Crippen MR) is 92.2 cm³/mol. The lowest BCUT2D eigenvalue weighted by Gasteiger charge is -2.26. The van der Waals surface area contributed by atoms with Crippen LogP contribution in [0, 0.1) is 5.92 Å². The van der Waals surface area contributed by atoms with Crippen LogP contribution in [0.25, 0.3) is 0 Å². The van der Waals surface area contributed by atoms with Crippen molar-refractivity contribution in [3.05, 3.63) is 54.2 Å². The molecule has 124 valence electrons. The number of furan rings is 1. The molecule has 2 aromatic heterocycles. The standard InChI is InChI=1S/C19H27N3O/c1-15(7-8-18-6-4-12-23-18)21-14-17-9-11-22(2)19(17)16-5-3-10-20-13-16/h3-6,10,12-13,15,17,19,21H,7-9,11,14H2,1-2H3/t15-,17+,19+/m1/s1. The van der Waals surface area contributed by atoms with Gasteiger partial charge in [0, 0.05) is 37.4 Å². The molecule has 0 unspecified atom stereocenters. The Morgan fingerprint density at radius 1 is 1.39 bits per heavy atom. The minimum absolute atomic E-state index is 0.480. The van der Waals surface area contributed by atoms with Crippen LogP contribution in [0.5, 0.6) is 0 Å². The Bertz CT molecular complexity index is 570. The summed E-state index contributed by atoms with van der Waals surface area (Å²) in [6.45, 7) is 4.48. The molecule has 1 saturated heterocycles. The summed E-state index contributed by atoms with van der Waals surface area (Å²) < 4.78 is 5.41. The first-order valence-corrected chi connectivity index (χ1v) is 8.60. The molecule has 0 aliphatic carbocycles. The van der Waals surface area contributed by atoms with E-state index in [9.17, 15) is 0 Å². The average molecular weight is 313 g/mol. The highest BCUT2D eigenvalue weighted by Gasteiger charge is 2.32. The maximum atomic E-state index is 5.41. The molecule has 2 aromatic rings. The lowest BCUT2D eigenvalue weighted by molar-refractivity contribution is 0.267. The molecule has 3 atom stereocenters. The first-order chi connectivity index (χ1) is 11.2. The summed E-state index contributed by atoms with van der Waals surface area (Å²) in [6, 6.07) is 9.23. The molecule has 1 fully saturated rings. The summed E-state index contributed by atoms with van der Waals surface area (Å²) in [4.78, 5) is 6.75. The SMILES string of the molecule is C[C@H](CCc1ccco1)NC[C@@H]1CCN(C)[C@H]1c1cccnc1. The average Bonchev–Trinajstić information content (AvgIpc) is 3.21. The number of nitrogens with zero attached hydrogens (tertiary/aromatic N) is 2. The summed E-state index contributed by atoms with van der Waals surface area (Å²) in [6.07, 6.45) is 8.96. The number of aryl methyl sites for hydroxylation is 1. The molecule has 1 N–H and O–H groups in total. The van der Waals surface area contributed by atoms with Crippen molar-refractivity contribution in [1.82, 2.24) is 15.2 Å². The minimum atomic E-state index is 0.480. The molecule has 23 heavy (non-hydrogen) atoms. The maximum absolute atomic E-state index is 5.41. The van der Waals surface area contributed by atoms with Crippen LogP contribution in [0.3, 0.4) is 0 Å². The maximum Gasteiger partial charge on any atom is 0.103 e. The molecule has 4 nitrogen and oxygen atoms in total. The Hall–Kier alpha value is -1.65. The fraction of sp³-hybridized carbons (Fsp3) is 0.526. The van der Waals surface area contributed by atoms with Crippen molar-refractivity contribution in [3.8, 4) is 0 Å². The van der Waals surface area contributed by atoms with Crippen LogP contribution in [0.1, 0.15) is 37.1 Å². The molecule has 0 aromatic carbocycles.